The fourth-order valence-corrected chi connectivity index (χ4v) is 2.85. The van der Waals surface area contributed by atoms with Gasteiger partial charge in [0, 0.05) is 23.9 Å². The molecule has 2 amide bonds. The van der Waals surface area contributed by atoms with Crippen molar-refractivity contribution < 1.29 is 24.3 Å². The van der Waals surface area contributed by atoms with E-state index in [9.17, 15) is 19.7 Å². The molecule has 0 unspecified atom stereocenters. The van der Waals surface area contributed by atoms with Gasteiger partial charge in [-0.1, -0.05) is 21.6 Å². The van der Waals surface area contributed by atoms with E-state index in [1.807, 2.05) is 0 Å². The largest absolute Gasteiger partial charge is 0.447 e. The van der Waals surface area contributed by atoms with Crippen molar-refractivity contribution in [2.75, 3.05) is 24.7 Å². The summed E-state index contributed by atoms with van der Waals surface area (Å²) in [6, 6.07) is 3.02. The first-order valence-electron chi connectivity index (χ1n) is 6.20. The molecule has 23 heavy (non-hydrogen) atoms. The first-order valence-corrected chi connectivity index (χ1v) is 8.69. The normalized spacial score (nSPS) is 9.96. The summed E-state index contributed by atoms with van der Waals surface area (Å²) in [6.45, 7) is 0.0290. The van der Waals surface area contributed by atoms with Gasteiger partial charge < -0.3 is 9.57 Å². The molecule has 2 N–H and O–H groups in total. The smallest absolute Gasteiger partial charge is 0.431 e. The molecule has 126 valence electrons. The number of imide groups is 1. The number of ether oxygens (including phenoxy) is 1. The molecule has 0 saturated carbocycles. The number of carbonyl (C=O) groups is 2. The van der Waals surface area contributed by atoms with Gasteiger partial charge in [-0.3, -0.25) is 9.78 Å². The fourth-order valence-electron chi connectivity index (χ4n) is 1.21. The molecule has 0 radical (unpaired) electrons. The monoisotopic (exact) mass is 362 g/mol. The minimum absolute atomic E-state index is 0.0132. The maximum atomic E-state index is 11.8. The lowest BCUT2D eigenvalue weighted by molar-refractivity contribution is -0.756. The van der Waals surface area contributed by atoms with E-state index in [0.717, 1.165) is 0 Å². The van der Waals surface area contributed by atoms with Crippen molar-refractivity contribution in [2.24, 2.45) is 5.84 Å². The van der Waals surface area contributed by atoms with Gasteiger partial charge in [-0.15, -0.1) is 10.1 Å². The molecule has 12 heteroatoms. The second kappa shape index (κ2) is 10.6. The maximum Gasteiger partial charge on any atom is 0.431 e. The maximum absolute atomic E-state index is 11.8. The summed E-state index contributed by atoms with van der Waals surface area (Å²) in [5.74, 6) is 5.52. The van der Waals surface area contributed by atoms with Crippen molar-refractivity contribution in [1.29, 1.82) is 0 Å². The first-order chi connectivity index (χ1) is 11.0. The predicted octanol–water partition coefficient (Wildman–Crippen LogP) is 1.12. The van der Waals surface area contributed by atoms with Crippen LogP contribution >= 0.6 is 21.6 Å². The Morgan fingerprint density at radius 2 is 2.04 bits per heavy atom. The van der Waals surface area contributed by atoms with Gasteiger partial charge in [0.05, 0.1) is 5.56 Å². The number of amides is 2. The van der Waals surface area contributed by atoms with E-state index in [4.69, 9.17) is 10.6 Å². The first kappa shape index (κ1) is 19.0. The molecular weight excluding hydrogens is 348 g/mol. The third kappa shape index (κ3) is 7.67. The number of hydrogen-bond donors (Lipinski definition) is 1. The van der Waals surface area contributed by atoms with Crippen molar-refractivity contribution in [3.63, 3.8) is 0 Å². The highest BCUT2D eigenvalue weighted by Gasteiger charge is 2.20. The van der Waals surface area contributed by atoms with E-state index in [-0.39, 0.29) is 18.8 Å². The van der Waals surface area contributed by atoms with Gasteiger partial charge in [-0.25, -0.2) is 10.6 Å². The second-order valence-electron chi connectivity index (χ2n) is 3.73. The molecule has 0 aromatic carbocycles. The molecule has 0 aliphatic heterocycles. The number of nitrogens with zero attached hydrogens (tertiary/aromatic N) is 3. The number of hydrazine groups is 1. The molecular formula is C11H14N4O6S2. The van der Waals surface area contributed by atoms with Crippen LogP contribution in [0.5, 0.6) is 0 Å². The molecule has 1 rings (SSSR count). The third-order valence-corrected chi connectivity index (χ3v) is 4.50. The van der Waals surface area contributed by atoms with Crippen molar-refractivity contribution >= 4 is 33.6 Å². The average Bonchev–Trinajstić information content (AvgIpc) is 2.56. The molecule has 1 aromatic rings. The van der Waals surface area contributed by atoms with Gasteiger partial charge in [-0.05, 0) is 12.1 Å². The van der Waals surface area contributed by atoms with Crippen LogP contribution in [0.1, 0.15) is 10.4 Å². The van der Waals surface area contributed by atoms with Crippen molar-refractivity contribution in [2.45, 2.75) is 0 Å². The van der Waals surface area contributed by atoms with Gasteiger partial charge in [-0.2, -0.15) is 5.01 Å². The number of aromatic nitrogens is 1. The Morgan fingerprint density at radius 1 is 1.35 bits per heavy atom. The lowest BCUT2D eigenvalue weighted by Crippen LogP contribution is -2.43. The van der Waals surface area contributed by atoms with E-state index < -0.39 is 17.1 Å². The van der Waals surface area contributed by atoms with E-state index >= 15 is 0 Å². The number of carbonyl (C=O) groups excluding carboxylic acids is 2. The van der Waals surface area contributed by atoms with Crippen LogP contribution in [0.3, 0.4) is 0 Å². The number of rotatable bonds is 9. The number of hydrogen-bond acceptors (Lipinski definition) is 10. The minimum Gasteiger partial charge on any atom is -0.447 e. The standard InChI is InChI=1S/C11H14N4O6S2/c12-14(10(16)9-2-1-3-13-8-9)11(17)20-4-6-22-23-7-5-21-15(18)19/h1-3,8H,4-7,12H2. The minimum atomic E-state index is -0.971. The third-order valence-electron chi connectivity index (χ3n) is 2.16. The molecule has 10 nitrogen and oxygen atoms in total. The van der Waals surface area contributed by atoms with Crippen molar-refractivity contribution in [3.05, 3.63) is 40.2 Å². The van der Waals surface area contributed by atoms with E-state index in [1.165, 1.54) is 40.0 Å². The Morgan fingerprint density at radius 3 is 2.65 bits per heavy atom. The summed E-state index contributed by atoms with van der Waals surface area (Å²) < 4.78 is 4.84. The number of pyridine rings is 1. The summed E-state index contributed by atoms with van der Waals surface area (Å²) in [5, 5.41) is 9.41. The zero-order valence-corrected chi connectivity index (χ0v) is 13.5. The molecule has 0 saturated heterocycles. The molecule has 1 aromatic heterocycles. The van der Waals surface area contributed by atoms with Crippen LogP contribution in [0.15, 0.2) is 24.5 Å². The summed E-state index contributed by atoms with van der Waals surface area (Å²) in [4.78, 5) is 41.2. The van der Waals surface area contributed by atoms with Gasteiger partial charge >= 0.3 is 6.09 Å². The van der Waals surface area contributed by atoms with Crippen LogP contribution in [0.2, 0.25) is 0 Å². The Hall–Kier alpha value is -2.05. The summed E-state index contributed by atoms with van der Waals surface area (Å²) >= 11 is 0. The lowest BCUT2D eigenvalue weighted by atomic mass is 10.3. The molecule has 0 spiro atoms. The number of nitrogens with two attached hydrogens (primary N) is 1. The van der Waals surface area contributed by atoms with Crippen LogP contribution in [0, 0.1) is 10.1 Å². The predicted molar refractivity (Wildman–Crippen MR) is 83.8 cm³/mol. The SMILES string of the molecule is NN(C(=O)OCCSSCCO[N+](=O)[O-])C(=O)c1cccnc1. The Bertz CT molecular complexity index is 533. The fraction of sp³-hybridized carbons (Fsp3) is 0.364. The Balaban J connectivity index is 2.16. The van der Waals surface area contributed by atoms with Gasteiger partial charge in [0.2, 0.25) is 0 Å². The van der Waals surface area contributed by atoms with E-state index in [0.29, 0.717) is 16.5 Å². The molecule has 0 atom stereocenters. The van der Waals surface area contributed by atoms with Gasteiger partial charge in [0.1, 0.15) is 13.2 Å². The van der Waals surface area contributed by atoms with Crippen LogP contribution in [-0.4, -0.2) is 51.8 Å². The molecule has 0 fully saturated rings. The zero-order chi connectivity index (χ0) is 17.1. The quantitative estimate of drug-likeness (QED) is 0.170. The zero-order valence-electron chi connectivity index (χ0n) is 11.8. The Labute approximate surface area is 139 Å². The molecule has 1 heterocycles. The van der Waals surface area contributed by atoms with Crippen molar-refractivity contribution in [3.8, 4) is 0 Å². The van der Waals surface area contributed by atoms with Crippen LogP contribution in [0.4, 0.5) is 4.79 Å². The topological polar surface area (TPSA) is 138 Å². The molecule has 0 bridgehead atoms. The molecule has 0 aliphatic rings. The Kier molecular flexibility index (Phi) is 8.79. The van der Waals surface area contributed by atoms with Gasteiger partial charge in [0.25, 0.3) is 11.0 Å². The van der Waals surface area contributed by atoms with E-state index in [2.05, 4.69) is 9.82 Å². The molecule has 0 aliphatic carbocycles. The summed E-state index contributed by atoms with van der Waals surface area (Å²) in [5.41, 5.74) is 0.169. The summed E-state index contributed by atoms with van der Waals surface area (Å²) in [7, 11) is 2.68. The summed E-state index contributed by atoms with van der Waals surface area (Å²) in [6.07, 6.45) is 1.80. The van der Waals surface area contributed by atoms with Crippen LogP contribution in [-0.2, 0) is 9.57 Å². The highest BCUT2D eigenvalue weighted by Crippen LogP contribution is 2.20. The van der Waals surface area contributed by atoms with Gasteiger partial charge in [0.15, 0.2) is 0 Å². The highest BCUT2D eigenvalue weighted by atomic mass is 33.1. The highest BCUT2D eigenvalue weighted by molar-refractivity contribution is 8.76. The van der Waals surface area contributed by atoms with E-state index in [1.54, 1.807) is 6.07 Å². The van der Waals surface area contributed by atoms with Crippen LogP contribution < -0.4 is 5.84 Å². The second-order valence-corrected chi connectivity index (χ2v) is 6.43. The van der Waals surface area contributed by atoms with Crippen LogP contribution in [0.25, 0.3) is 0 Å². The average molecular weight is 362 g/mol. The lowest BCUT2D eigenvalue weighted by Gasteiger charge is -2.14. The van der Waals surface area contributed by atoms with Crippen molar-refractivity contribution in [1.82, 2.24) is 9.99 Å².